The molecule has 0 spiro atoms. The van der Waals surface area contributed by atoms with Crippen LogP contribution in [0.5, 0.6) is 0 Å². The molecule has 2 aromatic carbocycles. The smallest absolute Gasteiger partial charge is 0.283 e. The van der Waals surface area contributed by atoms with Crippen LogP contribution in [0.3, 0.4) is 0 Å². The van der Waals surface area contributed by atoms with Gasteiger partial charge in [-0.25, -0.2) is 9.88 Å². The topological polar surface area (TPSA) is 91.4 Å². The van der Waals surface area contributed by atoms with Gasteiger partial charge in [-0.2, -0.15) is 0 Å². The number of anilines is 3. The summed E-state index contributed by atoms with van der Waals surface area (Å²) in [6.45, 7) is 0. The maximum Gasteiger partial charge on any atom is 0.283 e. The van der Waals surface area contributed by atoms with E-state index in [0.717, 1.165) is 8.47 Å². The number of thiazole rings is 1. The van der Waals surface area contributed by atoms with Crippen molar-refractivity contribution in [2.75, 3.05) is 15.5 Å². The third kappa shape index (κ3) is 4.09. The summed E-state index contributed by atoms with van der Waals surface area (Å²) < 4.78 is 0.979. The third-order valence-corrected chi connectivity index (χ3v) is 5.94. The molecule has 1 aliphatic heterocycles. The molecule has 0 bridgehead atoms. The standard InChI is InChI=1S/C20H12ClIN4O3S/c21-15-16(19(29)26(18(15)28)14-7-3-12(22)4-8-14)24-13-5-1-11(2-6-13)17(27)25-20-23-9-10-30-20/h1-10,24H,(H,23,25,27). The van der Waals surface area contributed by atoms with Crippen LogP contribution in [0, 0.1) is 3.57 Å². The predicted octanol–water partition coefficient (Wildman–Crippen LogP) is 4.44. The number of carbonyl (C=O) groups excluding carboxylic acids is 3. The zero-order valence-corrected chi connectivity index (χ0v) is 18.8. The second-order valence-corrected chi connectivity index (χ2v) is 8.62. The molecule has 30 heavy (non-hydrogen) atoms. The Balaban J connectivity index is 1.49. The van der Waals surface area contributed by atoms with Gasteiger partial charge in [-0.05, 0) is 71.1 Å². The zero-order chi connectivity index (χ0) is 21.3. The Morgan fingerprint density at radius 2 is 1.73 bits per heavy atom. The number of halogens is 2. The van der Waals surface area contributed by atoms with Crippen LogP contribution in [-0.4, -0.2) is 22.7 Å². The molecule has 150 valence electrons. The molecule has 0 fully saturated rings. The fraction of sp³-hybridized carbons (Fsp3) is 0. The summed E-state index contributed by atoms with van der Waals surface area (Å²) in [6, 6.07) is 13.4. The molecule has 2 N–H and O–H groups in total. The van der Waals surface area contributed by atoms with Crippen LogP contribution in [0.2, 0.25) is 0 Å². The quantitative estimate of drug-likeness (QED) is 0.362. The first-order valence-electron chi connectivity index (χ1n) is 8.56. The van der Waals surface area contributed by atoms with E-state index in [1.54, 1.807) is 60.1 Å². The number of imide groups is 1. The van der Waals surface area contributed by atoms with Crippen molar-refractivity contribution < 1.29 is 14.4 Å². The molecule has 3 aromatic rings. The Kier molecular flexibility index (Phi) is 5.84. The molecular formula is C20H12ClIN4O3S. The largest absolute Gasteiger partial charge is 0.350 e. The van der Waals surface area contributed by atoms with E-state index in [1.807, 2.05) is 0 Å². The lowest BCUT2D eigenvalue weighted by atomic mass is 10.2. The van der Waals surface area contributed by atoms with Gasteiger partial charge in [-0.3, -0.25) is 19.7 Å². The van der Waals surface area contributed by atoms with Gasteiger partial charge in [0.15, 0.2) is 5.13 Å². The fourth-order valence-corrected chi connectivity index (χ4v) is 3.84. The van der Waals surface area contributed by atoms with Gasteiger partial charge in [0.1, 0.15) is 10.7 Å². The summed E-state index contributed by atoms with van der Waals surface area (Å²) in [5, 5.41) is 7.65. The van der Waals surface area contributed by atoms with Crippen molar-refractivity contribution in [2.24, 2.45) is 0 Å². The van der Waals surface area contributed by atoms with E-state index in [4.69, 9.17) is 11.6 Å². The molecule has 7 nitrogen and oxygen atoms in total. The van der Waals surface area contributed by atoms with Gasteiger partial charge in [0.2, 0.25) is 0 Å². The van der Waals surface area contributed by atoms with Crippen molar-refractivity contribution in [1.29, 1.82) is 0 Å². The average Bonchev–Trinajstić information content (AvgIpc) is 3.32. The van der Waals surface area contributed by atoms with Crippen LogP contribution in [0.25, 0.3) is 0 Å². The number of hydrogen-bond donors (Lipinski definition) is 2. The SMILES string of the molecule is O=C(Nc1nccs1)c1ccc(NC2=C(Cl)C(=O)N(c3ccc(I)cc3)C2=O)cc1. The number of nitrogens with one attached hydrogen (secondary N) is 2. The summed E-state index contributed by atoms with van der Waals surface area (Å²) in [6.07, 6.45) is 1.60. The normalized spacial score (nSPS) is 13.7. The Hall–Kier alpha value is -2.76. The summed E-state index contributed by atoms with van der Waals surface area (Å²) in [7, 11) is 0. The monoisotopic (exact) mass is 550 g/mol. The minimum absolute atomic E-state index is 0.0137. The van der Waals surface area contributed by atoms with E-state index in [2.05, 4.69) is 38.2 Å². The average molecular weight is 551 g/mol. The molecule has 1 aliphatic rings. The molecule has 3 amide bonds. The maximum absolute atomic E-state index is 12.8. The van der Waals surface area contributed by atoms with Gasteiger partial charge in [0, 0.05) is 26.4 Å². The highest BCUT2D eigenvalue weighted by Gasteiger charge is 2.38. The third-order valence-electron chi connectivity index (χ3n) is 4.18. The molecule has 0 atom stereocenters. The maximum atomic E-state index is 12.8. The van der Waals surface area contributed by atoms with Crippen LogP contribution >= 0.6 is 45.5 Å². The highest BCUT2D eigenvalue weighted by molar-refractivity contribution is 14.1. The van der Waals surface area contributed by atoms with Gasteiger partial charge in [-0.1, -0.05) is 11.6 Å². The Morgan fingerprint density at radius 3 is 2.37 bits per heavy atom. The lowest BCUT2D eigenvalue weighted by molar-refractivity contribution is -0.120. The minimum atomic E-state index is -0.593. The van der Waals surface area contributed by atoms with Crippen molar-refractivity contribution in [3.63, 3.8) is 0 Å². The summed E-state index contributed by atoms with van der Waals surface area (Å²) >= 11 is 9.60. The first-order chi connectivity index (χ1) is 14.4. The molecule has 0 saturated carbocycles. The van der Waals surface area contributed by atoms with Gasteiger partial charge in [-0.15, -0.1) is 11.3 Å². The first-order valence-corrected chi connectivity index (χ1v) is 10.9. The van der Waals surface area contributed by atoms with E-state index in [-0.39, 0.29) is 16.6 Å². The van der Waals surface area contributed by atoms with E-state index in [1.165, 1.54) is 11.3 Å². The van der Waals surface area contributed by atoms with Crippen LogP contribution in [0.4, 0.5) is 16.5 Å². The molecule has 0 radical (unpaired) electrons. The Labute approximate surface area is 193 Å². The predicted molar refractivity (Wildman–Crippen MR) is 125 cm³/mol. The van der Waals surface area contributed by atoms with Gasteiger partial charge < -0.3 is 5.32 Å². The number of nitrogens with zero attached hydrogens (tertiary/aromatic N) is 2. The lowest BCUT2D eigenvalue weighted by Crippen LogP contribution is -2.32. The number of benzene rings is 2. The summed E-state index contributed by atoms with van der Waals surface area (Å²) in [5.41, 5.74) is 1.36. The molecule has 0 aliphatic carbocycles. The van der Waals surface area contributed by atoms with Crippen LogP contribution in [0.1, 0.15) is 10.4 Å². The van der Waals surface area contributed by atoms with E-state index < -0.39 is 11.8 Å². The van der Waals surface area contributed by atoms with E-state index in [0.29, 0.717) is 22.1 Å². The van der Waals surface area contributed by atoms with Gasteiger partial charge in [0.25, 0.3) is 17.7 Å². The fourth-order valence-electron chi connectivity index (χ4n) is 2.74. The van der Waals surface area contributed by atoms with Crippen molar-refractivity contribution in [3.8, 4) is 0 Å². The van der Waals surface area contributed by atoms with Crippen LogP contribution < -0.4 is 15.5 Å². The van der Waals surface area contributed by atoms with E-state index >= 15 is 0 Å². The molecule has 1 aromatic heterocycles. The summed E-state index contributed by atoms with van der Waals surface area (Å²) in [5.74, 6) is -1.44. The number of rotatable bonds is 5. The number of carbonyl (C=O) groups is 3. The van der Waals surface area contributed by atoms with E-state index in [9.17, 15) is 14.4 Å². The zero-order valence-electron chi connectivity index (χ0n) is 15.1. The first kappa shape index (κ1) is 20.5. The highest BCUT2D eigenvalue weighted by atomic mass is 127. The second-order valence-electron chi connectivity index (χ2n) is 6.10. The van der Waals surface area contributed by atoms with Crippen molar-refractivity contribution in [2.45, 2.75) is 0 Å². The number of aromatic nitrogens is 1. The van der Waals surface area contributed by atoms with Gasteiger partial charge >= 0.3 is 0 Å². The van der Waals surface area contributed by atoms with Gasteiger partial charge in [0.05, 0.1) is 5.69 Å². The van der Waals surface area contributed by atoms with Crippen molar-refractivity contribution in [3.05, 3.63) is 80.0 Å². The van der Waals surface area contributed by atoms with Crippen molar-refractivity contribution >= 4 is 79.8 Å². The molecule has 10 heteroatoms. The second kappa shape index (κ2) is 8.54. The molecule has 2 heterocycles. The van der Waals surface area contributed by atoms with Crippen molar-refractivity contribution in [1.82, 2.24) is 4.98 Å². The molecule has 0 unspecified atom stereocenters. The Morgan fingerprint density at radius 1 is 1.03 bits per heavy atom. The van der Waals surface area contributed by atoms with Crippen LogP contribution in [0.15, 0.2) is 70.8 Å². The highest BCUT2D eigenvalue weighted by Crippen LogP contribution is 2.30. The Bertz CT molecular complexity index is 1160. The molecule has 4 rings (SSSR count). The lowest BCUT2D eigenvalue weighted by Gasteiger charge is -2.15. The number of amides is 3. The van der Waals surface area contributed by atoms with Crippen LogP contribution in [-0.2, 0) is 9.59 Å². The molecule has 0 saturated heterocycles. The minimum Gasteiger partial charge on any atom is -0.350 e. The molecular weight excluding hydrogens is 539 g/mol. The summed E-state index contributed by atoms with van der Waals surface area (Å²) in [4.78, 5) is 42.6. The number of hydrogen-bond acceptors (Lipinski definition) is 6.